The molecule has 0 aromatic heterocycles. The largest absolute Gasteiger partial charge is 0.349 e. The second-order valence-corrected chi connectivity index (χ2v) is 6.07. The van der Waals surface area contributed by atoms with Crippen LogP contribution in [0.3, 0.4) is 0 Å². The summed E-state index contributed by atoms with van der Waals surface area (Å²) in [5, 5.41) is 3.07. The van der Waals surface area contributed by atoms with Crippen LogP contribution in [-0.4, -0.2) is 18.0 Å². The fourth-order valence-electron chi connectivity index (χ4n) is 2.36. The van der Waals surface area contributed by atoms with Crippen molar-refractivity contribution in [1.82, 2.24) is 5.32 Å². The van der Waals surface area contributed by atoms with Crippen molar-refractivity contribution in [2.45, 2.75) is 46.1 Å². The minimum absolute atomic E-state index is 0. The molecule has 3 nitrogen and oxygen atoms in total. The van der Waals surface area contributed by atoms with E-state index in [1.54, 1.807) is 0 Å². The van der Waals surface area contributed by atoms with Crippen molar-refractivity contribution in [3.8, 4) is 0 Å². The summed E-state index contributed by atoms with van der Waals surface area (Å²) in [5.74, 6) is 0.547. The van der Waals surface area contributed by atoms with E-state index in [0.29, 0.717) is 18.9 Å². The maximum atomic E-state index is 12.1. The topological polar surface area (TPSA) is 55.1 Å². The van der Waals surface area contributed by atoms with E-state index in [-0.39, 0.29) is 23.9 Å². The molecule has 0 bridgehead atoms. The molecule has 1 amide bonds. The summed E-state index contributed by atoms with van der Waals surface area (Å²) in [4.78, 5) is 12.1. The third kappa shape index (κ3) is 6.40. The summed E-state index contributed by atoms with van der Waals surface area (Å²) in [5.41, 5.74) is 7.73. The summed E-state index contributed by atoms with van der Waals surface area (Å²) in [7, 11) is 0. The predicted molar refractivity (Wildman–Crippen MR) is 87.2 cm³/mol. The number of rotatable bonds is 6. The number of carbonyl (C=O) groups is 1. The first kappa shape index (κ1) is 18.9. The first-order chi connectivity index (χ1) is 8.84. The van der Waals surface area contributed by atoms with Crippen molar-refractivity contribution < 1.29 is 4.79 Å². The van der Waals surface area contributed by atoms with Crippen LogP contribution in [-0.2, 0) is 11.2 Å². The smallest absolute Gasteiger partial charge is 0.224 e. The Hall–Kier alpha value is -1.06. The van der Waals surface area contributed by atoms with Gasteiger partial charge in [0, 0.05) is 12.1 Å². The van der Waals surface area contributed by atoms with Crippen LogP contribution in [0.4, 0.5) is 0 Å². The molecule has 114 valence electrons. The molecule has 0 heterocycles. The molecule has 20 heavy (non-hydrogen) atoms. The first-order valence-corrected chi connectivity index (χ1v) is 6.91. The van der Waals surface area contributed by atoms with Gasteiger partial charge in [0.25, 0.3) is 0 Å². The van der Waals surface area contributed by atoms with Crippen LogP contribution in [0.1, 0.15) is 38.3 Å². The Morgan fingerprint density at radius 3 is 2.30 bits per heavy atom. The van der Waals surface area contributed by atoms with E-state index in [1.165, 1.54) is 5.56 Å². The molecule has 1 unspecified atom stereocenters. The van der Waals surface area contributed by atoms with Gasteiger partial charge in [0.05, 0.1) is 6.42 Å². The maximum Gasteiger partial charge on any atom is 0.224 e. The molecule has 0 spiro atoms. The Morgan fingerprint density at radius 2 is 1.85 bits per heavy atom. The highest BCUT2D eigenvalue weighted by atomic mass is 35.5. The zero-order chi connectivity index (χ0) is 14.5. The standard InChI is InChI=1S/C16H26N2O.ClH/c1-12(2)10-16(4,11-17)18-15(19)9-14-7-5-13(3)6-8-14;/h5-8,12H,9-11,17H2,1-4H3,(H,18,19);1H. The van der Waals surface area contributed by atoms with Crippen LogP contribution < -0.4 is 11.1 Å². The van der Waals surface area contributed by atoms with Crippen molar-refractivity contribution in [3.05, 3.63) is 35.4 Å². The second kappa shape index (κ2) is 8.28. The van der Waals surface area contributed by atoms with Gasteiger partial charge in [-0.3, -0.25) is 4.79 Å². The Bertz CT molecular complexity index is 417. The highest BCUT2D eigenvalue weighted by molar-refractivity contribution is 5.85. The van der Waals surface area contributed by atoms with Crippen LogP contribution in [0, 0.1) is 12.8 Å². The van der Waals surface area contributed by atoms with Crippen molar-refractivity contribution in [3.63, 3.8) is 0 Å². The van der Waals surface area contributed by atoms with Crippen LogP contribution in [0.25, 0.3) is 0 Å². The lowest BCUT2D eigenvalue weighted by molar-refractivity contribution is -0.122. The van der Waals surface area contributed by atoms with Gasteiger partial charge in [-0.15, -0.1) is 12.4 Å². The lowest BCUT2D eigenvalue weighted by Gasteiger charge is -2.31. The van der Waals surface area contributed by atoms with Gasteiger partial charge in [0.1, 0.15) is 0 Å². The molecule has 0 saturated heterocycles. The maximum absolute atomic E-state index is 12.1. The quantitative estimate of drug-likeness (QED) is 0.848. The molecule has 1 aromatic rings. The molecule has 1 atom stereocenters. The molecule has 0 radical (unpaired) electrons. The Balaban J connectivity index is 0.00000361. The third-order valence-corrected chi connectivity index (χ3v) is 3.24. The Kier molecular flexibility index (Phi) is 7.84. The number of nitrogens with two attached hydrogens (primary N) is 1. The fraction of sp³-hybridized carbons (Fsp3) is 0.562. The molecule has 1 aromatic carbocycles. The number of aryl methyl sites for hydroxylation is 1. The zero-order valence-corrected chi connectivity index (χ0v) is 13.7. The van der Waals surface area contributed by atoms with Gasteiger partial charge in [-0.25, -0.2) is 0 Å². The van der Waals surface area contributed by atoms with E-state index in [1.807, 2.05) is 38.1 Å². The summed E-state index contributed by atoms with van der Waals surface area (Å²) in [6.07, 6.45) is 1.30. The van der Waals surface area contributed by atoms with Gasteiger partial charge in [0.2, 0.25) is 5.91 Å². The van der Waals surface area contributed by atoms with Crippen LogP contribution in [0.15, 0.2) is 24.3 Å². The number of carbonyl (C=O) groups excluding carboxylic acids is 1. The normalized spacial score (nSPS) is 13.5. The lowest BCUT2D eigenvalue weighted by atomic mass is 9.90. The molecule has 0 saturated carbocycles. The minimum atomic E-state index is -0.310. The van der Waals surface area contributed by atoms with E-state index in [9.17, 15) is 4.79 Å². The Labute approximate surface area is 128 Å². The molecule has 3 N–H and O–H groups in total. The Morgan fingerprint density at radius 1 is 1.30 bits per heavy atom. The van der Waals surface area contributed by atoms with Gasteiger partial charge in [0.15, 0.2) is 0 Å². The van der Waals surface area contributed by atoms with E-state index >= 15 is 0 Å². The van der Waals surface area contributed by atoms with Gasteiger partial charge >= 0.3 is 0 Å². The predicted octanol–water partition coefficient (Wildman–Crippen LogP) is 2.84. The van der Waals surface area contributed by atoms with E-state index in [2.05, 4.69) is 19.2 Å². The van der Waals surface area contributed by atoms with Crippen molar-refractivity contribution in [1.29, 1.82) is 0 Å². The van der Waals surface area contributed by atoms with Gasteiger partial charge < -0.3 is 11.1 Å². The minimum Gasteiger partial charge on any atom is -0.349 e. The summed E-state index contributed by atoms with van der Waals surface area (Å²) in [6, 6.07) is 8.05. The van der Waals surface area contributed by atoms with Gasteiger partial charge in [-0.05, 0) is 31.7 Å². The van der Waals surface area contributed by atoms with Gasteiger partial charge in [-0.1, -0.05) is 43.7 Å². The number of amides is 1. The van der Waals surface area contributed by atoms with E-state index in [0.717, 1.165) is 12.0 Å². The monoisotopic (exact) mass is 298 g/mol. The summed E-state index contributed by atoms with van der Waals surface area (Å²) < 4.78 is 0. The van der Waals surface area contributed by atoms with E-state index < -0.39 is 0 Å². The SMILES string of the molecule is Cc1ccc(CC(=O)NC(C)(CN)CC(C)C)cc1.Cl. The highest BCUT2D eigenvalue weighted by Gasteiger charge is 2.25. The van der Waals surface area contributed by atoms with E-state index in [4.69, 9.17) is 5.73 Å². The molecule has 1 rings (SSSR count). The third-order valence-electron chi connectivity index (χ3n) is 3.24. The number of hydrogen-bond donors (Lipinski definition) is 2. The average molecular weight is 299 g/mol. The van der Waals surface area contributed by atoms with Crippen LogP contribution in [0.2, 0.25) is 0 Å². The van der Waals surface area contributed by atoms with Crippen molar-refractivity contribution in [2.75, 3.05) is 6.54 Å². The molecular formula is C16H27ClN2O. The fourth-order valence-corrected chi connectivity index (χ4v) is 2.36. The van der Waals surface area contributed by atoms with Crippen LogP contribution in [0.5, 0.6) is 0 Å². The number of nitrogens with one attached hydrogen (secondary N) is 1. The molecule has 0 aliphatic rings. The number of hydrogen-bond acceptors (Lipinski definition) is 2. The van der Waals surface area contributed by atoms with Crippen molar-refractivity contribution >= 4 is 18.3 Å². The highest BCUT2D eigenvalue weighted by Crippen LogP contribution is 2.15. The molecule has 4 heteroatoms. The molecule has 0 fully saturated rings. The van der Waals surface area contributed by atoms with Crippen molar-refractivity contribution in [2.24, 2.45) is 11.7 Å². The summed E-state index contributed by atoms with van der Waals surface area (Å²) in [6.45, 7) is 8.79. The lowest BCUT2D eigenvalue weighted by Crippen LogP contribution is -2.52. The first-order valence-electron chi connectivity index (χ1n) is 6.91. The molecular weight excluding hydrogens is 272 g/mol. The zero-order valence-electron chi connectivity index (χ0n) is 12.9. The average Bonchev–Trinajstić information content (AvgIpc) is 2.31. The number of halogens is 1. The molecule has 0 aliphatic heterocycles. The second-order valence-electron chi connectivity index (χ2n) is 6.07. The van der Waals surface area contributed by atoms with Gasteiger partial charge in [-0.2, -0.15) is 0 Å². The number of benzene rings is 1. The summed E-state index contributed by atoms with van der Waals surface area (Å²) >= 11 is 0. The van der Waals surface area contributed by atoms with Crippen LogP contribution >= 0.6 is 12.4 Å². The molecule has 0 aliphatic carbocycles.